The fourth-order valence-electron chi connectivity index (χ4n) is 5.02. The van der Waals surface area contributed by atoms with Crippen LogP contribution in [0.2, 0.25) is 0 Å². The summed E-state index contributed by atoms with van der Waals surface area (Å²) in [5, 5.41) is 12.4. The monoisotopic (exact) mass is 459 g/mol. The van der Waals surface area contributed by atoms with Gasteiger partial charge in [0, 0.05) is 12.5 Å². The summed E-state index contributed by atoms with van der Waals surface area (Å²) in [5.74, 6) is 0.882. The number of nitrogens with zero attached hydrogens (tertiary/aromatic N) is 1. The summed E-state index contributed by atoms with van der Waals surface area (Å²) in [6, 6.07) is 18.8. The van der Waals surface area contributed by atoms with E-state index in [1.807, 2.05) is 12.1 Å². The molecule has 1 aliphatic heterocycles. The van der Waals surface area contributed by atoms with Crippen LogP contribution in [0, 0.1) is 0 Å². The van der Waals surface area contributed by atoms with Gasteiger partial charge >= 0.3 is 0 Å². The Morgan fingerprint density at radius 1 is 0.906 bits per heavy atom. The highest BCUT2D eigenvalue weighted by Crippen LogP contribution is 2.42. The van der Waals surface area contributed by atoms with E-state index < -0.39 is 5.60 Å². The molecule has 1 aliphatic rings. The topological polar surface area (TPSA) is 32.7 Å². The molecule has 4 heteroatoms. The lowest BCUT2D eigenvalue weighted by molar-refractivity contribution is -0.0168. The summed E-state index contributed by atoms with van der Waals surface area (Å²) in [6.45, 7) is 5.43. The van der Waals surface area contributed by atoms with Gasteiger partial charge in [-0.2, -0.15) is 0 Å². The van der Waals surface area contributed by atoms with Gasteiger partial charge in [0.1, 0.15) is 5.75 Å². The van der Waals surface area contributed by atoms with Gasteiger partial charge < -0.3 is 14.7 Å². The minimum absolute atomic E-state index is 0. The molecule has 1 heterocycles. The van der Waals surface area contributed by atoms with Gasteiger partial charge in [0.2, 0.25) is 0 Å². The van der Waals surface area contributed by atoms with Crippen molar-refractivity contribution in [1.29, 1.82) is 0 Å². The van der Waals surface area contributed by atoms with E-state index in [4.69, 9.17) is 4.74 Å². The molecule has 0 aromatic heterocycles. The highest BCUT2D eigenvalue weighted by atomic mass is 35.5. The second-order valence-electron chi connectivity index (χ2n) is 9.14. The second-order valence-corrected chi connectivity index (χ2v) is 9.14. The van der Waals surface area contributed by atoms with Crippen molar-refractivity contribution >= 4 is 12.4 Å². The summed E-state index contributed by atoms with van der Waals surface area (Å²) in [7, 11) is 1.69. The molecule has 178 valence electrons. The zero-order chi connectivity index (χ0) is 21.9. The largest absolute Gasteiger partial charge is 0.497 e. The van der Waals surface area contributed by atoms with E-state index in [1.165, 1.54) is 50.5 Å². The molecule has 2 unspecified atom stereocenters. The minimum Gasteiger partial charge on any atom is -0.497 e. The third-order valence-electron chi connectivity index (χ3n) is 6.92. The van der Waals surface area contributed by atoms with E-state index in [0.717, 1.165) is 43.8 Å². The van der Waals surface area contributed by atoms with Crippen molar-refractivity contribution in [2.45, 2.75) is 76.2 Å². The Balaban J connectivity index is 0.00000363. The van der Waals surface area contributed by atoms with Crippen LogP contribution in [-0.2, 0) is 5.60 Å². The quantitative estimate of drug-likeness (QED) is 0.349. The number of piperidine rings is 1. The number of unbranched alkanes of at least 4 members (excludes halogenated alkanes) is 4. The maximum Gasteiger partial charge on any atom is 0.118 e. The number of benzene rings is 2. The van der Waals surface area contributed by atoms with Gasteiger partial charge in [-0.05, 0) is 55.6 Å². The molecule has 2 aromatic rings. The molecule has 2 aromatic carbocycles. The molecule has 0 spiro atoms. The highest BCUT2D eigenvalue weighted by molar-refractivity contribution is 5.85. The van der Waals surface area contributed by atoms with Gasteiger partial charge in [0.15, 0.2) is 0 Å². The number of aliphatic hydroxyl groups is 1. The summed E-state index contributed by atoms with van der Waals surface area (Å²) in [6.07, 6.45) is 10.6. The first kappa shape index (κ1) is 26.7. The first-order chi connectivity index (χ1) is 15.2. The Labute approximate surface area is 201 Å². The van der Waals surface area contributed by atoms with Gasteiger partial charge in [-0.25, -0.2) is 0 Å². The first-order valence-electron chi connectivity index (χ1n) is 12.3. The molecule has 32 heavy (non-hydrogen) atoms. The van der Waals surface area contributed by atoms with E-state index in [-0.39, 0.29) is 18.3 Å². The van der Waals surface area contributed by atoms with Crippen molar-refractivity contribution in [2.24, 2.45) is 0 Å². The van der Waals surface area contributed by atoms with Crippen molar-refractivity contribution in [1.82, 2.24) is 4.90 Å². The highest BCUT2D eigenvalue weighted by Gasteiger charge is 2.40. The maximum atomic E-state index is 12.4. The standard InChI is InChI=1S/C28H41NO2.ClH/c1-3-4-5-6-11-20-28(30,25-16-18-26(31-2)19-17-25)27(24-14-9-7-10-15-24)23-29-21-12-8-13-22-29;/h7,9-10,14-19,27,30H,3-6,8,11-13,20-23H2,1-2H3;1H. The van der Waals surface area contributed by atoms with Crippen LogP contribution in [0.4, 0.5) is 0 Å². The predicted molar refractivity (Wildman–Crippen MR) is 137 cm³/mol. The molecule has 0 bridgehead atoms. The van der Waals surface area contributed by atoms with Crippen LogP contribution in [-0.4, -0.2) is 36.8 Å². The molecule has 1 N–H and O–H groups in total. The molecule has 1 saturated heterocycles. The lowest BCUT2D eigenvalue weighted by Crippen LogP contribution is -2.42. The van der Waals surface area contributed by atoms with Gasteiger partial charge in [0.25, 0.3) is 0 Å². The Morgan fingerprint density at radius 2 is 1.56 bits per heavy atom. The van der Waals surface area contributed by atoms with E-state index >= 15 is 0 Å². The fraction of sp³-hybridized carbons (Fsp3) is 0.571. The number of hydrogen-bond donors (Lipinski definition) is 1. The minimum atomic E-state index is -0.892. The van der Waals surface area contributed by atoms with E-state index in [9.17, 15) is 5.11 Å². The lowest BCUT2D eigenvalue weighted by atomic mass is 9.73. The van der Waals surface area contributed by atoms with Crippen LogP contribution in [0.1, 0.15) is 81.8 Å². The van der Waals surface area contributed by atoms with Crippen LogP contribution in [0.25, 0.3) is 0 Å². The number of hydrogen-bond acceptors (Lipinski definition) is 3. The normalized spacial score (nSPS) is 17.2. The van der Waals surface area contributed by atoms with Crippen molar-refractivity contribution in [3.63, 3.8) is 0 Å². The molecule has 0 radical (unpaired) electrons. The number of likely N-dealkylation sites (tertiary alicyclic amines) is 1. The van der Waals surface area contributed by atoms with E-state index in [0.29, 0.717) is 0 Å². The number of rotatable bonds is 12. The first-order valence-corrected chi connectivity index (χ1v) is 12.3. The zero-order valence-electron chi connectivity index (χ0n) is 20.0. The average molecular weight is 460 g/mol. The molecule has 0 saturated carbocycles. The van der Waals surface area contributed by atoms with Crippen molar-refractivity contribution in [3.8, 4) is 5.75 Å². The third kappa shape index (κ3) is 7.23. The summed E-state index contributed by atoms with van der Waals surface area (Å²) >= 11 is 0. The summed E-state index contributed by atoms with van der Waals surface area (Å²) < 4.78 is 5.38. The van der Waals surface area contributed by atoms with E-state index in [2.05, 4.69) is 54.3 Å². The molecular weight excluding hydrogens is 418 g/mol. The summed E-state index contributed by atoms with van der Waals surface area (Å²) in [4.78, 5) is 2.56. The van der Waals surface area contributed by atoms with Crippen molar-refractivity contribution in [3.05, 3.63) is 65.7 Å². The zero-order valence-corrected chi connectivity index (χ0v) is 20.8. The Bertz CT molecular complexity index is 746. The second kappa shape index (κ2) is 13.9. The smallest absolute Gasteiger partial charge is 0.118 e. The van der Waals surface area contributed by atoms with Crippen LogP contribution in [0.15, 0.2) is 54.6 Å². The molecular formula is C28H42ClNO2. The molecule has 3 rings (SSSR count). The molecule has 3 nitrogen and oxygen atoms in total. The molecule has 1 fully saturated rings. The van der Waals surface area contributed by atoms with Crippen molar-refractivity contribution in [2.75, 3.05) is 26.7 Å². The Hall–Kier alpha value is -1.55. The summed E-state index contributed by atoms with van der Waals surface area (Å²) in [5.41, 5.74) is 1.35. The Morgan fingerprint density at radius 3 is 2.19 bits per heavy atom. The van der Waals surface area contributed by atoms with Gasteiger partial charge in [0.05, 0.1) is 12.7 Å². The SMILES string of the molecule is CCCCCCCC(O)(c1ccc(OC)cc1)C(CN1CCCCC1)c1ccccc1.Cl. The van der Waals surface area contributed by atoms with Gasteiger partial charge in [-0.3, -0.25) is 0 Å². The Kier molecular flexibility index (Phi) is 11.6. The number of ether oxygens (including phenoxy) is 1. The molecule has 0 aliphatic carbocycles. The predicted octanol–water partition coefficient (Wildman–Crippen LogP) is 6.93. The molecule has 0 amide bonds. The average Bonchev–Trinajstić information content (AvgIpc) is 2.83. The van der Waals surface area contributed by atoms with Gasteiger partial charge in [-0.1, -0.05) is 87.9 Å². The molecule has 2 atom stereocenters. The number of methoxy groups -OCH3 is 1. The van der Waals surface area contributed by atoms with E-state index in [1.54, 1.807) is 7.11 Å². The van der Waals surface area contributed by atoms with Crippen LogP contribution in [0.3, 0.4) is 0 Å². The van der Waals surface area contributed by atoms with Crippen LogP contribution < -0.4 is 4.74 Å². The maximum absolute atomic E-state index is 12.4. The fourth-order valence-corrected chi connectivity index (χ4v) is 5.02. The van der Waals surface area contributed by atoms with Crippen LogP contribution >= 0.6 is 12.4 Å². The van der Waals surface area contributed by atoms with Crippen LogP contribution in [0.5, 0.6) is 5.75 Å². The lowest BCUT2D eigenvalue weighted by Gasteiger charge is -2.41. The van der Waals surface area contributed by atoms with Crippen molar-refractivity contribution < 1.29 is 9.84 Å². The third-order valence-corrected chi connectivity index (χ3v) is 6.92. The number of halogens is 1. The van der Waals surface area contributed by atoms with Gasteiger partial charge in [-0.15, -0.1) is 12.4 Å².